The van der Waals surface area contributed by atoms with Crippen LogP contribution in [0.3, 0.4) is 0 Å². The van der Waals surface area contributed by atoms with Crippen molar-refractivity contribution in [2.45, 2.75) is 43.4 Å². The number of aliphatic hydroxyl groups excluding tert-OH is 1. The molecule has 6 nitrogen and oxygen atoms in total. The van der Waals surface area contributed by atoms with E-state index in [0.29, 0.717) is 18.6 Å². The molecule has 0 unspecified atom stereocenters. The van der Waals surface area contributed by atoms with Crippen LogP contribution in [0.5, 0.6) is 0 Å². The Morgan fingerprint density at radius 2 is 2.14 bits per heavy atom. The van der Waals surface area contributed by atoms with Crippen LogP contribution in [-0.4, -0.2) is 48.0 Å². The van der Waals surface area contributed by atoms with E-state index in [2.05, 4.69) is 10.6 Å². The molecule has 3 rings (SSSR count). The Morgan fingerprint density at radius 3 is 2.77 bits per heavy atom. The number of nitrogens with one attached hydrogen (secondary N) is 2. The van der Waals surface area contributed by atoms with Crippen LogP contribution in [0.4, 0.5) is 0 Å². The van der Waals surface area contributed by atoms with Gasteiger partial charge in [0.2, 0.25) is 0 Å². The van der Waals surface area contributed by atoms with Crippen molar-refractivity contribution in [2.24, 2.45) is 0 Å². The van der Waals surface area contributed by atoms with E-state index < -0.39 is 17.2 Å². The fraction of sp³-hybridized carbons (Fsp3) is 0.667. The molecule has 2 saturated heterocycles. The van der Waals surface area contributed by atoms with Crippen molar-refractivity contribution < 1.29 is 19.1 Å². The average Bonchev–Trinajstić information content (AvgIpc) is 3.00. The summed E-state index contributed by atoms with van der Waals surface area (Å²) >= 11 is 0. The minimum atomic E-state index is -0.725. The highest BCUT2D eigenvalue weighted by Crippen LogP contribution is 2.38. The molecule has 3 heterocycles. The number of halogens is 1. The van der Waals surface area contributed by atoms with Crippen molar-refractivity contribution in [2.75, 3.05) is 19.7 Å². The summed E-state index contributed by atoms with van der Waals surface area (Å²) in [5.41, 5.74) is -0.777. The van der Waals surface area contributed by atoms with E-state index in [0.717, 1.165) is 25.9 Å². The van der Waals surface area contributed by atoms with E-state index in [4.69, 9.17) is 9.15 Å². The van der Waals surface area contributed by atoms with Crippen molar-refractivity contribution in [1.82, 2.24) is 10.6 Å². The van der Waals surface area contributed by atoms with Crippen LogP contribution in [0.25, 0.3) is 0 Å². The van der Waals surface area contributed by atoms with Gasteiger partial charge in [0, 0.05) is 6.61 Å². The zero-order valence-corrected chi connectivity index (χ0v) is 13.4. The second-order valence-corrected chi connectivity index (χ2v) is 6.20. The summed E-state index contributed by atoms with van der Waals surface area (Å²) in [5.74, 6) is -0.226. The maximum absolute atomic E-state index is 12.3. The van der Waals surface area contributed by atoms with Gasteiger partial charge in [-0.3, -0.25) is 4.79 Å². The van der Waals surface area contributed by atoms with Gasteiger partial charge in [-0.15, -0.1) is 12.4 Å². The molecule has 1 aromatic heterocycles. The Morgan fingerprint density at radius 1 is 1.41 bits per heavy atom. The predicted octanol–water partition coefficient (Wildman–Crippen LogP) is 1.09. The Bertz CT molecular complexity index is 496. The van der Waals surface area contributed by atoms with Crippen molar-refractivity contribution in [1.29, 1.82) is 0 Å². The topological polar surface area (TPSA) is 83.7 Å². The number of piperidine rings is 1. The molecule has 1 spiro atoms. The third kappa shape index (κ3) is 3.01. The van der Waals surface area contributed by atoms with Gasteiger partial charge in [0.1, 0.15) is 12.4 Å². The molecule has 22 heavy (non-hydrogen) atoms. The van der Waals surface area contributed by atoms with Gasteiger partial charge >= 0.3 is 0 Å². The smallest absolute Gasteiger partial charge is 0.255 e. The lowest BCUT2D eigenvalue weighted by Gasteiger charge is -2.52. The Labute approximate surface area is 136 Å². The summed E-state index contributed by atoms with van der Waals surface area (Å²) in [5, 5.41) is 17.1. The number of ether oxygens (including phenoxy) is 1. The monoisotopic (exact) mass is 330 g/mol. The maximum Gasteiger partial charge on any atom is 0.255 e. The summed E-state index contributed by atoms with van der Waals surface area (Å²) in [7, 11) is 0. The first-order valence-electron chi connectivity index (χ1n) is 7.43. The number of furan rings is 1. The predicted molar refractivity (Wildman–Crippen MR) is 83.2 cm³/mol. The number of hydrogen-bond donors (Lipinski definition) is 3. The van der Waals surface area contributed by atoms with Crippen molar-refractivity contribution in [3.63, 3.8) is 0 Å². The van der Waals surface area contributed by atoms with E-state index in [-0.39, 0.29) is 18.3 Å². The number of carbonyl (C=O) groups excluding carboxylic acids is 1. The summed E-state index contributed by atoms with van der Waals surface area (Å²) in [6.45, 7) is 4.08. The summed E-state index contributed by atoms with van der Waals surface area (Å²) in [6.07, 6.45) is 4.25. The standard InChI is InChI=1S/C15H22N2O4.ClH/c1-14(17-12(18)11-2-8-20-10-11)5-9-21-15(13(14)19)3-6-16-7-4-15;/h2,8,10,13,16,19H,3-7,9H2,1H3,(H,17,18);1H/t13-,14+;/m0./s1. The molecule has 0 aliphatic carbocycles. The molecule has 2 aliphatic heterocycles. The lowest BCUT2D eigenvalue weighted by Crippen LogP contribution is -2.69. The fourth-order valence-electron chi connectivity index (χ4n) is 3.39. The van der Waals surface area contributed by atoms with E-state index in [1.165, 1.54) is 12.5 Å². The Balaban J connectivity index is 0.00000176. The van der Waals surface area contributed by atoms with Crippen LogP contribution in [0.1, 0.15) is 36.5 Å². The molecule has 0 aromatic carbocycles. The third-order valence-corrected chi connectivity index (χ3v) is 4.75. The molecule has 1 aromatic rings. The second-order valence-electron chi connectivity index (χ2n) is 6.20. The molecule has 2 atom stereocenters. The van der Waals surface area contributed by atoms with E-state index >= 15 is 0 Å². The SMILES string of the molecule is C[C@@]1(NC(=O)c2ccoc2)CCOC2(CCNCC2)[C@H]1O.Cl. The quantitative estimate of drug-likeness (QED) is 0.756. The van der Waals surface area contributed by atoms with Crippen LogP contribution >= 0.6 is 12.4 Å². The van der Waals surface area contributed by atoms with Crippen LogP contribution < -0.4 is 10.6 Å². The molecule has 3 N–H and O–H groups in total. The first-order chi connectivity index (χ1) is 10.1. The van der Waals surface area contributed by atoms with E-state index in [1.807, 2.05) is 6.92 Å². The molecule has 2 fully saturated rings. The highest BCUT2D eigenvalue weighted by molar-refractivity contribution is 5.94. The third-order valence-electron chi connectivity index (χ3n) is 4.75. The molecule has 0 bridgehead atoms. The van der Waals surface area contributed by atoms with E-state index in [9.17, 15) is 9.90 Å². The van der Waals surface area contributed by atoms with Gasteiger partial charge < -0.3 is 24.9 Å². The molecule has 0 radical (unpaired) electrons. The van der Waals surface area contributed by atoms with E-state index in [1.54, 1.807) is 6.07 Å². The summed E-state index contributed by atoms with van der Waals surface area (Å²) < 4.78 is 10.9. The fourth-order valence-corrected chi connectivity index (χ4v) is 3.39. The summed E-state index contributed by atoms with van der Waals surface area (Å²) in [6, 6.07) is 1.62. The lowest BCUT2D eigenvalue weighted by molar-refractivity contribution is -0.197. The Hall–Kier alpha value is -1.08. The lowest BCUT2D eigenvalue weighted by atomic mass is 9.73. The van der Waals surface area contributed by atoms with Gasteiger partial charge in [-0.2, -0.15) is 0 Å². The first kappa shape index (κ1) is 17.3. The minimum Gasteiger partial charge on any atom is -0.472 e. The van der Waals surface area contributed by atoms with Gasteiger partial charge in [0.15, 0.2) is 0 Å². The number of rotatable bonds is 2. The molecular formula is C15H23ClN2O4. The Kier molecular flexibility index (Phi) is 5.17. The minimum absolute atomic E-state index is 0. The van der Waals surface area contributed by atoms with Crippen molar-refractivity contribution >= 4 is 18.3 Å². The van der Waals surface area contributed by atoms with Gasteiger partial charge in [-0.1, -0.05) is 0 Å². The number of carbonyl (C=O) groups is 1. The first-order valence-corrected chi connectivity index (χ1v) is 7.43. The highest BCUT2D eigenvalue weighted by Gasteiger charge is 2.53. The number of aliphatic hydroxyl groups is 1. The molecule has 0 saturated carbocycles. The van der Waals surface area contributed by atoms with Crippen molar-refractivity contribution in [3.05, 3.63) is 24.2 Å². The van der Waals surface area contributed by atoms with Gasteiger partial charge in [0.25, 0.3) is 5.91 Å². The van der Waals surface area contributed by atoms with Crippen LogP contribution in [0.2, 0.25) is 0 Å². The largest absolute Gasteiger partial charge is 0.472 e. The van der Waals surface area contributed by atoms with Crippen LogP contribution in [0.15, 0.2) is 23.0 Å². The zero-order valence-electron chi connectivity index (χ0n) is 12.6. The van der Waals surface area contributed by atoms with Gasteiger partial charge in [-0.05, 0) is 45.3 Å². The zero-order chi connectivity index (χ0) is 14.9. The number of amides is 1. The summed E-state index contributed by atoms with van der Waals surface area (Å²) in [4.78, 5) is 12.3. The number of hydrogen-bond acceptors (Lipinski definition) is 5. The molecule has 7 heteroatoms. The van der Waals surface area contributed by atoms with Crippen molar-refractivity contribution in [3.8, 4) is 0 Å². The normalized spacial score (nSPS) is 30.5. The van der Waals surface area contributed by atoms with Crippen LogP contribution in [-0.2, 0) is 4.74 Å². The van der Waals surface area contributed by atoms with Crippen LogP contribution in [0, 0.1) is 0 Å². The molecule has 2 aliphatic rings. The van der Waals surface area contributed by atoms with Gasteiger partial charge in [-0.25, -0.2) is 0 Å². The average molecular weight is 331 g/mol. The molecule has 1 amide bonds. The van der Waals surface area contributed by atoms with Gasteiger partial charge in [0.05, 0.1) is 23.0 Å². The maximum atomic E-state index is 12.3. The highest BCUT2D eigenvalue weighted by atomic mass is 35.5. The molecule has 124 valence electrons. The second kappa shape index (κ2) is 6.58. The molecular weight excluding hydrogens is 308 g/mol.